The molecule has 0 aliphatic heterocycles. The molecule has 0 aromatic heterocycles. The van der Waals surface area contributed by atoms with Gasteiger partial charge in [0, 0.05) is 5.69 Å². The second-order valence-electron chi connectivity index (χ2n) is 4.71. The number of aryl methyl sites for hydroxylation is 1. The molecule has 8 heteroatoms. The number of nitrogens with two attached hydrogens (primary N) is 1. The van der Waals surface area contributed by atoms with Crippen molar-refractivity contribution in [3.05, 3.63) is 60.2 Å². The van der Waals surface area contributed by atoms with Gasteiger partial charge in [-0.05, 0) is 43.4 Å². The Balaban J connectivity index is 2.07. The summed E-state index contributed by atoms with van der Waals surface area (Å²) in [5, 5.41) is 5.55. The van der Waals surface area contributed by atoms with Crippen LogP contribution in [0.4, 0.5) is 5.69 Å². The van der Waals surface area contributed by atoms with Crippen LogP contribution in [0.2, 0.25) is 0 Å². The van der Waals surface area contributed by atoms with E-state index in [-0.39, 0.29) is 16.0 Å². The quantitative estimate of drug-likeness (QED) is 0.446. The normalized spacial score (nSPS) is 11.8. The number of guanidine groups is 1. The third-order valence-electron chi connectivity index (χ3n) is 2.81. The Morgan fingerprint density at radius 1 is 1.09 bits per heavy atom. The highest BCUT2D eigenvalue weighted by Crippen LogP contribution is 2.12. The minimum atomic E-state index is -3.88. The fourth-order valence-electron chi connectivity index (χ4n) is 1.72. The molecule has 0 saturated carbocycles. The van der Waals surface area contributed by atoms with Gasteiger partial charge in [0.15, 0.2) is 5.11 Å². The molecule has 0 spiro atoms. The van der Waals surface area contributed by atoms with Crippen molar-refractivity contribution < 1.29 is 8.42 Å². The van der Waals surface area contributed by atoms with Crippen LogP contribution in [0.1, 0.15) is 5.56 Å². The zero-order valence-electron chi connectivity index (χ0n) is 12.4. The molecule has 2 rings (SSSR count). The first-order valence-electron chi connectivity index (χ1n) is 6.67. The summed E-state index contributed by atoms with van der Waals surface area (Å²) >= 11 is 5.06. The van der Waals surface area contributed by atoms with Crippen molar-refractivity contribution in [1.82, 2.24) is 5.32 Å². The first-order valence-corrected chi connectivity index (χ1v) is 8.52. The Morgan fingerprint density at radius 3 is 2.30 bits per heavy atom. The van der Waals surface area contributed by atoms with Crippen LogP contribution in [0.15, 0.2) is 63.9 Å². The van der Waals surface area contributed by atoms with Crippen molar-refractivity contribution in [2.45, 2.75) is 11.8 Å². The molecule has 6 nitrogen and oxygen atoms in total. The first-order chi connectivity index (χ1) is 10.9. The molecule has 2 aromatic carbocycles. The minimum Gasteiger partial charge on any atom is -0.369 e. The number of para-hydroxylation sites is 1. The SMILES string of the molecule is Cc1ccc(S(=O)(=O)/N=C(\N)NC(=S)Nc2ccccc2)cc1. The Bertz CT molecular complexity index is 816. The maximum atomic E-state index is 12.1. The molecule has 0 amide bonds. The van der Waals surface area contributed by atoms with Gasteiger partial charge in [-0.2, -0.15) is 8.42 Å². The molecule has 120 valence electrons. The van der Waals surface area contributed by atoms with Gasteiger partial charge in [-0.25, -0.2) is 0 Å². The van der Waals surface area contributed by atoms with Gasteiger partial charge < -0.3 is 16.4 Å². The highest BCUT2D eigenvalue weighted by Gasteiger charge is 2.13. The number of sulfonamides is 1. The third kappa shape index (κ3) is 5.04. The predicted molar refractivity (Wildman–Crippen MR) is 95.8 cm³/mol. The number of hydrogen-bond acceptors (Lipinski definition) is 3. The summed E-state index contributed by atoms with van der Waals surface area (Å²) in [6.07, 6.45) is 0. The van der Waals surface area contributed by atoms with Gasteiger partial charge in [0.25, 0.3) is 10.0 Å². The largest absolute Gasteiger partial charge is 0.369 e. The van der Waals surface area contributed by atoms with Crippen LogP contribution >= 0.6 is 12.2 Å². The molecule has 0 bridgehead atoms. The summed E-state index contributed by atoms with van der Waals surface area (Å²) in [4.78, 5) is 0.0646. The number of benzene rings is 2. The van der Waals surface area contributed by atoms with E-state index in [2.05, 4.69) is 15.0 Å². The molecule has 4 N–H and O–H groups in total. The molecule has 0 aliphatic rings. The molecule has 0 saturated heterocycles. The fraction of sp³-hybridized carbons (Fsp3) is 0.0667. The zero-order chi connectivity index (χ0) is 16.9. The van der Waals surface area contributed by atoms with Crippen molar-refractivity contribution in [2.24, 2.45) is 10.1 Å². The van der Waals surface area contributed by atoms with E-state index in [9.17, 15) is 8.42 Å². The van der Waals surface area contributed by atoms with Gasteiger partial charge in [0.2, 0.25) is 5.96 Å². The lowest BCUT2D eigenvalue weighted by Gasteiger charge is -2.09. The topological polar surface area (TPSA) is 96.6 Å². The van der Waals surface area contributed by atoms with E-state index < -0.39 is 10.0 Å². The number of hydrogen-bond donors (Lipinski definition) is 3. The van der Waals surface area contributed by atoms with Crippen LogP contribution in [0.25, 0.3) is 0 Å². The van der Waals surface area contributed by atoms with Crippen LogP contribution in [-0.2, 0) is 10.0 Å². The monoisotopic (exact) mass is 348 g/mol. The molecule has 0 radical (unpaired) electrons. The van der Waals surface area contributed by atoms with Crippen molar-refractivity contribution in [1.29, 1.82) is 0 Å². The van der Waals surface area contributed by atoms with E-state index in [4.69, 9.17) is 18.0 Å². The van der Waals surface area contributed by atoms with E-state index in [0.29, 0.717) is 0 Å². The Kier molecular flexibility index (Phi) is 5.30. The molecular formula is C15H16N4O2S2. The van der Waals surface area contributed by atoms with E-state index in [1.807, 2.05) is 37.3 Å². The second kappa shape index (κ2) is 7.21. The minimum absolute atomic E-state index is 0.0646. The number of rotatable bonds is 3. The van der Waals surface area contributed by atoms with Crippen molar-refractivity contribution in [2.75, 3.05) is 5.32 Å². The molecule has 23 heavy (non-hydrogen) atoms. The molecular weight excluding hydrogens is 332 g/mol. The van der Waals surface area contributed by atoms with Crippen LogP contribution in [0.3, 0.4) is 0 Å². The van der Waals surface area contributed by atoms with Crippen molar-refractivity contribution in [3.63, 3.8) is 0 Å². The van der Waals surface area contributed by atoms with Gasteiger partial charge in [-0.15, -0.1) is 4.40 Å². The molecule has 0 heterocycles. The maximum Gasteiger partial charge on any atom is 0.285 e. The van der Waals surface area contributed by atoms with E-state index >= 15 is 0 Å². The summed E-state index contributed by atoms with van der Waals surface area (Å²) in [7, 11) is -3.88. The van der Waals surface area contributed by atoms with Crippen LogP contribution in [-0.4, -0.2) is 19.5 Å². The highest BCUT2D eigenvalue weighted by molar-refractivity contribution is 7.90. The second-order valence-corrected chi connectivity index (χ2v) is 6.72. The summed E-state index contributed by atoms with van der Waals surface area (Å²) < 4.78 is 27.8. The van der Waals surface area contributed by atoms with Crippen LogP contribution < -0.4 is 16.4 Å². The Labute approximate surface area is 140 Å². The van der Waals surface area contributed by atoms with Gasteiger partial charge in [0.1, 0.15) is 0 Å². The smallest absolute Gasteiger partial charge is 0.285 e. The molecule has 0 fully saturated rings. The van der Waals surface area contributed by atoms with Crippen molar-refractivity contribution in [3.8, 4) is 0 Å². The standard InChI is InChI=1S/C15H16N4O2S2/c1-11-7-9-13(10-8-11)23(20,21)19-14(16)18-15(22)17-12-5-3-2-4-6-12/h2-10H,1H3,(H4,16,17,18,19,22). The average molecular weight is 348 g/mol. The summed E-state index contributed by atoms with van der Waals surface area (Å²) in [5.41, 5.74) is 7.31. The number of thiocarbonyl (C=S) groups is 1. The third-order valence-corrected chi connectivity index (χ3v) is 4.32. The molecule has 2 aromatic rings. The molecule has 0 aliphatic carbocycles. The van der Waals surface area contributed by atoms with Crippen molar-refractivity contribution >= 4 is 39.0 Å². The maximum absolute atomic E-state index is 12.1. The fourth-order valence-corrected chi connectivity index (χ4v) is 2.83. The Morgan fingerprint density at radius 2 is 1.70 bits per heavy atom. The van der Waals surface area contributed by atoms with Gasteiger partial charge in [-0.3, -0.25) is 0 Å². The molecule has 0 atom stereocenters. The highest BCUT2D eigenvalue weighted by atomic mass is 32.2. The number of nitrogens with zero attached hydrogens (tertiary/aromatic N) is 1. The van der Waals surface area contributed by atoms with Crippen LogP contribution in [0.5, 0.6) is 0 Å². The summed E-state index contributed by atoms with van der Waals surface area (Å²) in [6.45, 7) is 1.86. The van der Waals surface area contributed by atoms with E-state index in [1.54, 1.807) is 12.1 Å². The number of anilines is 1. The Hall–Kier alpha value is -2.45. The zero-order valence-corrected chi connectivity index (χ0v) is 14.0. The lowest BCUT2D eigenvalue weighted by Crippen LogP contribution is -2.39. The summed E-state index contributed by atoms with van der Waals surface area (Å²) in [5.74, 6) is -0.306. The summed E-state index contributed by atoms with van der Waals surface area (Å²) in [6, 6.07) is 15.5. The van der Waals surface area contributed by atoms with Gasteiger partial charge in [0.05, 0.1) is 4.90 Å². The predicted octanol–water partition coefficient (Wildman–Crippen LogP) is 1.99. The van der Waals surface area contributed by atoms with E-state index in [0.717, 1.165) is 11.3 Å². The van der Waals surface area contributed by atoms with E-state index in [1.165, 1.54) is 12.1 Å². The number of nitrogens with one attached hydrogen (secondary N) is 2. The first kappa shape index (κ1) is 16.9. The van der Waals surface area contributed by atoms with Crippen LogP contribution in [0, 0.1) is 6.92 Å². The molecule has 0 unspecified atom stereocenters. The average Bonchev–Trinajstić information content (AvgIpc) is 2.47. The lowest BCUT2D eigenvalue weighted by atomic mass is 10.2. The lowest BCUT2D eigenvalue weighted by molar-refractivity contribution is 0.598. The van der Waals surface area contributed by atoms with Gasteiger partial charge in [-0.1, -0.05) is 35.9 Å². The van der Waals surface area contributed by atoms with Gasteiger partial charge >= 0.3 is 0 Å².